The molecule has 0 aliphatic carbocycles. The highest BCUT2D eigenvalue weighted by Crippen LogP contribution is 2.24. The summed E-state index contributed by atoms with van der Waals surface area (Å²) < 4.78 is 0. The van der Waals surface area contributed by atoms with Crippen LogP contribution in [-0.2, 0) is 11.3 Å². The molecule has 122 valence electrons. The molecule has 3 amide bonds. The van der Waals surface area contributed by atoms with Crippen LogP contribution >= 0.6 is 0 Å². The van der Waals surface area contributed by atoms with Gasteiger partial charge in [0.15, 0.2) is 0 Å². The van der Waals surface area contributed by atoms with E-state index in [1.165, 1.54) is 12.1 Å². The molecule has 0 fully saturated rings. The number of hydrogen-bond acceptors (Lipinski definition) is 4. The molecule has 6 heteroatoms. The molecule has 2 aromatic carbocycles. The predicted octanol–water partition coefficient (Wildman–Crippen LogP) is 0.960. The Morgan fingerprint density at radius 2 is 1.50 bits per heavy atom. The normalized spacial score (nSPS) is 14.5. The van der Waals surface area contributed by atoms with Gasteiger partial charge >= 0.3 is 0 Å². The van der Waals surface area contributed by atoms with E-state index in [0.29, 0.717) is 0 Å². The number of carbonyl (C=O) groups excluding carboxylic acids is 3. The number of benzene rings is 2. The molecule has 3 rings (SSSR count). The molecule has 0 saturated carbocycles. The quantitative estimate of drug-likeness (QED) is 0.802. The molecule has 0 radical (unpaired) electrons. The van der Waals surface area contributed by atoms with Crippen LogP contribution in [0.3, 0.4) is 0 Å². The number of aliphatic hydroxyl groups excluding tert-OH is 1. The summed E-state index contributed by atoms with van der Waals surface area (Å²) in [6, 6.07) is 14.4. The summed E-state index contributed by atoms with van der Waals surface area (Å²) in [7, 11) is 0. The molecule has 1 aliphatic heterocycles. The van der Waals surface area contributed by atoms with E-state index in [9.17, 15) is 19.5 Å². The Bertz CT molecular complexity index is 754. The molecule has 0 aromatic heterocycles. The van der Waals surface area contributed by atoms with E-state index in [2.05, 4.69) is 5.32 Å². The molecule has 1 aliphatic rings. The molecule has 0 spiro atoms. The van der Waals surface area contributed by atoms with Crippen molar-refractivity contribution in [2.75, 3.05) is 6.61 Å². The summed E-state index contributed by atoms with van der Waals surface area (Å²) >= 11 is 0. The van der Waals surface area contributed by atoms with Crippen molar-refractivity contribution in [1.29, 1.82) is 0 Å². The molecular weight excluding hydrogens is 308 g/mol. The van der Waals surface area contributed by atoms with Gasteiger partial charge in [0.25, 0.3) is 11.8 Å². The van der Waals surface area contributed by atoms with Gasteiger partial charge in [-0.2, -0.15) is 0 Å². The number of amides is 3. The van der Waals surface area contributed by atoms with Crippen molar-refractivity contribution in [2.45, 2.75) is 12.6 Å². The largest absolute Gasteiger partial charge is 0.394 e. The zero-order chi connectivity index (χ0) is 17.1. The lowest BCUT2D eigenvalue weighted by Crippen LogP contribution is -2.51. The minimum Gasteiger partial charge on any atom is -0.394 e. The molecule has 2 aromatic rings. The number of nitrogens with zero attached hydrogens (tertiary/aromatic N) is 1. The third-order valence-electron chi connectivity index (χ3n) is 3.92. The van der Waals surface area contributed by atoms with E-state index in [1.807, 2.05) is 30.3 Å². The number of carbonyl (C=O) groups is 3. The van der Waals surface area contributed by atoms with Gasteiger partial charge in [-0.05, 0) is 17.7 Å². The summed E-state index contributed by atoms with van der Waals surface area (Å²) in [5, 5.41) is 12.2. The first-order valence-corrected chi connectivity index (χ1v) is 7.53. The van der Waals surface area contributed by atoms with Crippen LogP contribution < -0.4 is 5.32 Å². The Morgan fingerprint density at radius 1 is 0.958 bits per heavy atom. The first-order chi connectivity index (χ1) is 11.6. The summed E-state index contributed by atoms with van der Waals surface area (Å²) in [5.41, 5.74) is 1.37. The fraction of sp³-hybridized carbons (Fsp3) is 0.167. The molecule has 6 nitrogen and oxygen atoms in total. The first-order valence-electron chi connectivity index (χ1n) is 7.53. The van der Waals surface area contributed by atoms with Crippen molar-refractivity contribution in [2.24, 2.45) is 0 Å². The van der Waals surface area contributed by atoms with E-state index in [-0.39, 0.29) is 17.7 Å². The average Bonchev–Trinajstić information content (AvgIpc) is 2.87. The number of aliphatic hydroxyl groups is 1. The van der Waals surface area contributed by atoms with Gasteiger partial charge in [-0.25, -0.2) is 0 Å². The standard InChI is InChI=1S/C18H16N2O4/c21-11-15(16(22)19-10-12-6-2-1-3-7-12)20-17(23)13-8-4-5-9-14(13)18(20)24/h1-9,15,21H,10-11H2,(H,19,22)/t15-/m1/s1. The number of rotatable bonds is 5. The second kappa shape index (κ2) is 6.64. The fourth-order valence-electron chi connectivity index (χ4n) is 2.68. The predicted molar refractivity (Wildman–Crippen MR) is 86.1 cm³/mol. The van der Waals surface area contributed by atoms with Crippen molar-refractivity contribution >= 4 is 17.7 Å². The van der Waals surface area contributed by atoms with Gasteiger partial charge in [-0.15, -0.1) is 0 Å². The third kappa shape index (κ3) is 2.79. The average molecular weight is 324 g/mol. The Kier molecular flexibility index (Phi) is 4.39. The number of hydrogen-bond donors (Lipinski definition) is 2. The summed E-state index contributed by atoms with van der Waals surface area (Å²) in [6.07, 6.45) is 0. The van der Waals surface area contributed by atoms with E-state index in [0.717, 1.165) is 10.5 Å². The van der Waals surface area contributed by atoms with Gasteiger partial charge in [-0.3, -0.25) is 19.3 Å². The van der Waals surface area contributed by atoms with Crippen molar-refractivity contribution in [3.8, 4) is 0 Å². The summed E-state index contributed by atoms with van der Waals surface area (Å²) in [4.78, 5) is 38.0. The van der Waals surface area contributed by atoms with Gasteiger partial charge < -0.3 is 10.4 Å². The molecule has 2 N–H and O–H groups in total. The zero-order valence-corrected chi connectivity index (χ0v) is 12.8. The van der Waals surface area contributed by atoms with Gasteiger partial charge in [-0.1, -0.05) is 42.5 Å². The van der Waals surface area contributed by atoms with E-state index in [4.69, 9.17) is 0 Å². The maximum Gasteiger partial charge on any atom is 0.262 e. The van der Waals surface area contributed by atoms with Crippen LogP contribution in [0.4, 0.5) is 0 Å². The fourth-order valence-corrected chi connectivity index (χ4v) is 2.68. The van der Waals surface area contributed by atoms with Crippen molar-refractivity contribution < 1.29 is 19.5 Å². The Hall–Kier alpha value is -2.99. The lowest BCUT2D eigenvalue weighted by molar-refractivity contribution is -0.126. The van der Waals surface area contributed by atoms with Crippen LogP contribution in [-0.4, -0.2) is 40.4 Å². The number of fused-ring (bicyclic) bond motifs is 1. The van der Waals surface area contributed by atoms with Crippen molar-refractivity contribution in [3.63, 3.8) is 0 Å². The molecule has 1 heterocycles. The topological polar surface area (TPSA) is 86.7 Å². The van der Waals surface area contributed by atoms with E-state index in [1.54, 1.807) is 12.1 Å². The third-order valence-corrected chi connectivity index (χ3v) is 3.92. The van der Waals surface area contributed by atoms with Gasteiger partial charge in [0.2, 0.25) is 5.91 Å². The minimum absolute atomic E-state index is 0.247. The van der Waals surface area contributed by atoms with Gasteiger partial charge in [0, 0.05) is 6.54 Å². The molecule has 24 heavy (non-hydrogen) atoms. The Morgan fingerprint density at radius 3 is 2.04 bits per heavy atom. The maximum atomic E-state index is 12.4. The highest BCUT2D eigenvalue weighted by molar-refractivity contribution is 6.22. The molecular formula is C18H16N2O4. The van der Waals surface area contributed by atoms with E-state index < -0.39 is 30.4 Å². The smallest absolute Gasteiger partial charge is 0.262 e. The van der Waals surface area contributed by atoms with Crippen LogP contribution in [0.25, 0.3) is 0 Å². The number of nitrogens with one attached hydrogen (secondary N) is 1. The Labute approximate surface area is 138 Å². The van der Waals surface area contributed by atoms with E-state index >= 15 is 0 Å². The highest BCUT2D eigenvalue weighted by atomic mass is 16.3. The summed E-state index contributed by atoms with van der Waals surface area (Å²) in [5.74, 6) is -1.70. The molecule has 0 unspecified atom stereocenters. The van der Waals surface area contributed by atoms with Crippen LogP contribution in [0.1, 0.15) is 26.3 Å². The molecule has 1 atom stereocenters. The summed E-state index contributed by atoms with van der Waals surface area (Å²) in [6.45, 7) is -0.383. The second-order valence-electron chi connectivity index (χ2n) is 5.43. The number of imide groups is 1. The Balaban J connectivity index is 1.76. The van der Waals surface area contributed by atoms with Crippen molar-refractivity contribution in [3.05, 3.63) is 71.3 Å². The van der Waals surface area contributed by atoms with Gasteiger partial charge in [0.05, 0.1) is 17.7 Å². The van der Waals surface area contributed by atoms with Crippen LogP contribution in [0.2, 0.25) is 0 Å². The minimum atomic E-state index is -1.25. The SMILES string of the molecule is O=C(NCc1ccccc1)[C@@H](CO)N1C(=O)c2ccccc2C1=O. The van der Waals surface area contributed by atoms with Crippen LogP contribution in [0, 0.1) is 0 Å². The van der Waals surface area contributed by atoms with Crippen molar-refractivity contribution in [1.82, 2.24) is 10.2 Å². The molecule has 0 saturated heterocycles. The monoisotopic (exact) mass is 324 g/mol. The van der Waals surface area contributed by atoms with Crippen LogP contribution in [0.15, 0.2) is 54.6 Å². The van der Waals surface area contributed by atoms with Crippen LogP contribution in [0.5, 0.6) is 0 Å². The maximum absolute atomic E-state index is 12.4. The molecule has 0 bridgehead atoms. The van der Waals surface area contributed by atoms with Gasteiger partial charge in [0.1, 0.15) is 6.04 Å². The lowest BCUT2D eigenvalue weighted by Gasteiger charge is -2.23. The second-order valence-corrected chi connectivity index (χ2v) is 5.43. The highest BCUT2D eigenvalue weighted by Gasteiger charge is 2.42. The zero-order valence-electron chi connectivity index (χ0n) is 12.8. The lowest BCUT2D eigenvalue weighted by atomic mass is 10.1. The first kappa shape index (κ1) is 15.9.